The van der Waals surface area contributed by atoms with Crippen molar-refractivity contribution in [2.75, 3.05) is 35.1 Å². The summed E-state index contributed by atoms with van der Waals surface area (Å²) in [5, 5.41) is 1.17. The molecule has 0 unspecified atom stereocenters. The van der Waals surface area contributed by atoms with Crippen LogP contribution in [0.1, 0.15) is 24.8 Å². The first-order valence-electron chi connectivity index (χ1n) is 12.2. The van der Waals surface area contributed by atoms with Crippen molar-refractivity contribution in [2.24, 2.45) is 0 Å². The molecule has 0 amide bonds. The van der Waals surface area contributed by atoms with Crippen molar-refractivity contribution in [3.8, 4) is 0 Å². The Hall–Kier alpha value is -1.09. The van der Waals surface area contributed by atoms with Gasteiger partial charge < -0.3 is 0 Å². The summed E-state index contributed by atoms with van der Waals surface area (Å²) in [5.41, 5.74) is -4.31. The number of alkyl halides is 3. The molecular formula is C23H29F3N2O5S2Sn. The van der Waals surface area contributed by atoms with Gasteiger partial charge in [0, 0.05) is 0 Å². The average Bonchev–Trinajstić information content (AvgIpc) is 2.97. The summed E-state index contributed by atoms with van der Waals surface area (Å²) in [6.07, 6.45) is 3.29. The van der Waals surface area contributed by atoms with Gasteiger partial charge in [-0.25, -0.2) is 0 Å². The minimum absolute atomic E-state index is 0.102. The van der Waals surface area contributed by atoms with Crippen molar-refractivity contribution in [2.45, 2.75) is 49.4 Å². The van der Waals surface area contributed by atoms with Crippen molar-refractivity contribution < 1.29 is 34.2 Å². The molecule has 2 aromatic carbocycles. The Bertz CT molecular complexity index is 1360. The van der Waals surface area contributed by atoms with Gasteiger partial charge in [0.15, 0.2) is 0 Å². The van der Waals surface area contributed by atoms with E-state index in [4.69, 9.17) is 0 Å². The van der Waals surface area contributed by atoms with Gasteiger partial charge in [-0.1, -0.05) is 0 Å². The molecular weight excluding hydrogens is 624 g/mol. The van der Waals surface area contributed by atoms with Crippen molar-refractivity contribution in [3.63, 3.8) is 0 Å². The van der Waals surface area contributed by atoms with E-state index in [-0.39, 0.29) is 11.3 Å². The molecule has 6 rings (SSSR count). The molecule has 0 radical (unpaired) electrons. The SMILES string of the molecule is O=S1(=O)c2ccc(CCOS(=O)(=O)C(F)(F)F)c3cccc(c23)N1[CH2][Sn]12[CH2]CCN(CC[CH2]1)CC[CH2]2. The average molecular weight is 653 g/mol. The quantitative estimate of drug-likeness (QED) is 0.264. The van der Waals surface area contributed by atoms with Crippen LogP contribution in [-0.2, 0) is 30.7 Å². The monoisotopic (exact) mass is 654 g/mol. The Morgan fingerprint density at radius 1 is 0.972 bits per heavy atom. The molecule has 0 spiro atoms. The third kappa shape index (κ3) is 4.76. The van der Waals surface area contributed by atoms with Gasteiger partial charge in [-0.2, -0.15) is 0 Å². The topological polar surface area (TPSA) is 84.0 Å². The second-order valence-electron chi connectivity index (χ2n) is 10.1. The molecule has 198 valence electrons. The summed E-state index contributed by atoms with van der Waals surface area (Å²) >= 11 is -2.80. The first-order valence-corrected chi connectivity index (χ1v) is 23.1. The molecule has 36 heavy (non-hydrogen) atoms. The third-order valence-corrected chi connectivity index (χ3v) is 26.3. The fourth-order valence-electron chi connectivity index (χ4n) is 6.09. The number of fused-ring (bicyclic) bond motifs is 6. The molecule has 4 aliphatic rings. The number of hydrogen-bond donors (Lipinski definition) is 0. The maximum absolute atomic E-state index is 13.7. The Morgan fingerprint density at radius 2 is 1.61 bits per heavy atom. The van der Waals surface area contributed by atoms with E-state index in [9.17, 15) is 30.0 Å². The van der Waals surface area contributed by atoms with Gasteiger partial charge in [0.1, 0.15) is 0 Å². The molecule has 2 aromatic rings. The Balaban J connectivity index is 1.46. The van der Waals surface area contributed by atoms with E-state index in [1.54, 1.807) is 28.6 Å². The van der Waals surface area contributed by atoms with Gasteiger partial charge >= 0.3 is 214 Å². The van der Waals surface area contributed by atoms with E-state index in [0.29, 0.717) is 26.6 Å². The molecule has 0 aromatic heterocycles. The summed E-state index contributed by atoms with van der Waals surface area (Å²) in [6, 6.07) is 8.34. The van der Waals surface area contributed by atoms with Crippen LogP contribution < -0.4 is 4.31 Å². The van der Waals surface area contributed by atoms with Crippen LogP contribution in [0.5, 0.6) is 0 Å². The predicted molar refractivity (Wildman–Crippen MR) is 134 cm³/mol. The van der Waals surface area contributed by atoms with Crippen molar-refractivity contribution in [1.29, 1.82) is 0 Å². The Labute approximate surface area is 213 Å². The van der Waals surface area contributed by atoms with E-state index in [0.717, 1.165) is 38.9 Å². The van der Waals surface area contributed by atoms with Gasteiger partial charge in [-0.15, -0.1) is 0 Å². The minimum atomic E-state index is -5.68. The first kappa shape index (κ1) is 26.5. The molecule has 0 atom stereocenters. The van der Waals surface area contributed by atoms with E-state index < -0.39 is 50.6 Å². The molecule has 7 nitrogen and oxygen atoms in total. The normalized spacial score (nSPS) is 26.1. The summed E-state index contributed by atoms with van der Waals surface area (Å²) in [7, 11) is -9.43. The summed E-state index contributed by atoms with van der Waals surface area (Å²) in [4.78, 5) is 2.75. The molecule has 3 fully saturated rings. The zero-order valence-corrected chi connectivity index (χ0v) is 24.2. The van der Waals surface area contributed by atoms with E-state index >= 15 is 0 Å². The van der Waals surface area contributed by atoms with E-state index in [2.05, 4.69) is 9.08 Å². The number of anilines is 1. The fraction of sp³-hybridized carbons (Fsp3) is 0.565. The number of halogens is 3. The standard InChI is InChI=1S/C14H11F3NO5S2.C9H18N.Sn/c1-18-11-4-2-3-10-9(5-6-12(13(10)11)24(18,19)20)7-8-23-25(21,22)14(15,16)17;1-4-7-10(8-5-2)9-6-3;/h2-6H,1,7-8H2;1-9H2;. The second kappa shape index (κ2) is 9.58. The summed E-state index contributed by atoms with van der Waals surface area (Å²) in [5.74, 6) is 0. The third-order valence-electron chi connectivity index (χ3n) is 7.82. The molecule has 0 N–H and O–H groups in total. The fourth-order valence-corrected chi connectivity index (χ4v) is 24.8. The van der Waals surface area contributed by atoms with Crippen molar-refractivity contribution in [1.82, 2.24) is 4.90 Å². The van der Waals surface area contributed by atoms with Crippen LogP contribution in [-0.4, -0.2) is 76.4 Å². The van der Waals surface area contributed by atoms with Gasteiger partial charge in [-0.05, 0) is 0 Å². The van der Waals surface area contributed by atoms with Crippen LogP contribution >= 0.6 is 0 Å². The van der Waals surface area contributed by atoms with E-state index in [1.165, 1.54) is 19.4 Å². The molecule has 2 bridgehead atoms. The zero-order valence-electron chi connectivity index (χ0n) is 19.8. The van der Waals surface area contributed by atoms with Gasteiger partial charge in [0.05, 0.1) is 0 Å². The van der Waals surface area contributed by atoms with Crippen LogP contribution in [0.2, 0.25) is 13.3 Å². The van der Waals surface area contributed by atoms with Crippen LogP contribution in [0.4, 0.5) is 18.9 Å². The number of sulfonamides is 1. The number of nitrogens with zero attached hydrogens (tertiary/aromatic N) is 2. The van der Waals surface area contributed by atoms with Crippen LogP contribution in [0, 0.1) is 0 Å². The molecule has 0 saturated carbocycles. The zero-order chi connectivity index (χ0) is 25.8. The summed E-state index contributed by atoms with van der Waals surface area (Å²) in [6.45, 7) is 2.59. The van der Waals surface area contributed by atoms with Gasteiger partial charge in [0.25, 0.3) is 0 Å². The predicted octanol–water partition coefficient (Wildman–Crippen LogP) is 4.24. The number of rotatable bonds is 6. The number of benzene rings is 2. The van der Waals surface area contributed by atoms with Crippen LogP contribution in [0.3, 0.4) is 0 Å². The van der Waals surface area contributed by atoms with Gasteiger partial charge in [-0.3, -0.25) is 0 Å². The van der Waals surface area contributed by atoms with Crippen molar-refractivity contribution in [3.05, 3.63) is 35.9 Å². The molecule has 13 heteroatoms. The van der Waals surface area contributed by atoms with Crippen LogP contribution in [0.25, 0.3) is 10.8 Å². The van der Waals surface area contributed by atoms with Crippen LogP contribution in [0.15, 0.2) is 35.2 Å². The molecule has 4 aliphatic heterocycles. The Morgan fingerprint density at radius 3 is 2.22 bits per heavy atom. The molecule has 0 aliphatic carbocycles. The summed E-state index contributed by atoms with van der Waals surface area (Å²) < 4.78 is 97.7. The Kier molecular flexibility index (Phi) is 7.06. The maximum atomic E-state index is 13.7. The molecule has 4 heterocycles. The number of hydrogen-bond acceptors (Lipinski definition) is 6. The van der Waals surface area contributed by atoms with E-state index in [1.807, 2.05) is 0 Å². The first-order chi connectivity index (χ1) is 16.9. The van der Waals surface area contributed by atoms with Crippen molar-refractivity contribution >= 4 is 55.0 Å². The van der Waals surface area contributed by atoms with Gasteiger partial charge in [0.2, 0.25) is 0 Å². The second-order valence-corrected chi connectivity index (χ2v) is 27.2. The molecule has 3 saturated heterocycles.